The average Bonchev–Trinajstić information content (AvgIpc) is 2.51. The third kappa shape index (κ3) is 2.64. The zero-order valence-corrected chi connectivity index (χ0v) is 11.1. The highest BCUT2D eigenvalue weighted by Gasteiger charge is 2.03. The fourth-order valence-electron chi connectivity index (χ4n) is 1.91. The molecule has 2 heterocycles. The molecule has 0 bridgehead atoms. The van der Waals surface area contributed by atoms with E-state index in [4.69, 9.17) is 0 Å². The number of hydrogen-bond acceptors (Lipinski definition) is 4. The number of benzene rings is 1. The molecule has 0 saturated carbocycles. The number of hydrogen-bond donors (Lipinski definition) is 1. The van der Waals surface area contributed by atoms with E-state index in [0.717, 1.165) is 17.1 Å². The van der Waals surface area contributed by atoms with Crippen LogP contribution in [0.4, 0.5) is 11.5 Å². The molecule has 0 saturated heterocycles. The van der Waals surface area contributed by atoms with Crippen LogP contribution in [0.25, 0.3) is 11.4 Å². The topological polar surface area (TPSA) is 50.7 Å². The molecule has 1 aromatic carbocycles. The summed E-state index contributed by atoms with van der Waals surface area (Å²) in [5.74, 6) is 1.44. The molecule has 2 aromatic heterocycles. The van der Waals surface area contributed by atoms with Crippen LogP contribution in [0, 0.1) is 6.92 Å². The molecule has 98 valence electrons. The molecule has 0 spiro atoms. The largest absolute Gasteiger partial charge is 0.340 e. The Morgan fingerprint density at radius 2 is 1.85 bits per heavy atom. The van der Waals surface area contributed by atoms with E-state index in [2.05, 4.69) is 33.3 Å². The van der Waals surface area contributed by atoms with Crippen LogP contribution in [-0.2, 0) is 0 Å². The Labute approximate surface area is 117 Å². The highest BCUT2D eigenvalue weighted by molar-refractivity contribution is 5.62. The molecule has 1 N–H and O–H groups in total. The van der Waals surface area contributed by atoms with Crippen LogP contribution in [0.5, 0.6) is 0 Å². The van der Waals surface area contributed by atoms with Crippen LogP contribution >= 0.6 is 0 Å². The molecule has 0 fully saturated rings. The van der Waals surface area contributed by atoms with Crippen molar-refractivity contribution in [1.29, 1.82) is 0 Å². The maximum atomic E-state index is 4.52. The second-order valence-corrected chi connectivity index (χ2v) is 4.45. The van der Waals surface area contributed by atoms with Gasteiger partial charge in [0.25, 0.3) is 0 Å². The SMILES string of the molecule is Cc1ccccc1Nc1ccnc(-c2cccnc2)n1. The van der Waals surface area contributed by atoms with Crippen LogP contribution in [0.1, 0.15) is 5.56 Å². The van der Waals surface area contributed by atoms with Crippen molar-refractivity contribution in [2.24, 2.45) is 0 Å². The predicted octanol–water partition coefficient (Wildman–Crippen LogP) is 3.59. The molecule has 20 heavy (non-hydrogen) atoms. The molecule has 3 aromatic rings. The van der Waals surface area contributed by atoms with Gasteiger partial charge in [0.15, 0.2) is 5.82 Å². The van der Waals surface area contributed by atoms with Gasteiger partial charge in [-0.05, 0) is 36.8 Å². The molecule has 0 amide bonds. The van der Waals surface area contributed by atoms with Gasteiger partial charge < -0.3 is 5.32 Å². The molecular weight excluding hydrogens is 248 g/mol. The van der Waals surface area contributed by atoms with Crippen LogP contribution < -0.4 is 5.32 Å². The molecule has 4 heteroatoms. The van der Waals surface area contributed by atoms with Gasteiger partial charge in [0.2, 0.25) is 0 Å². The summed E-state index contributed by atoms with van der Waals surface area (Å²) in [6.07, 6.45) is 5.24. The molecule has 0 radical (unpaired) electrons. The minimum atomic E-state index is 0.664. The number of rotatable bonds is 3. The molecule has 4 nitrogen and oxygen atoms in total. The summed E-state index contributed by atoms with van der Waals surface area (Å²) in [4.78, 5) is 12.9. The van der Waals surface area contributed by atoms with Crippen molar-refractivity contribution in [3.05, 3.63) is 66.6 Å². The predicted molar refractivity (Wildman–Crippen MR) is 79.7 cm³/mol. The van der Waals surface area contributed by atoms with Gasteiger partial charge in [-0.25, -0.2) is 9.97 Å². The highest BCUT2D eigenvalue weighted by atomic mass is 15.0. The normalized spacial score (nSPS) is 10.2. The maximum Gasteiger partial charge on any atom is 0.163 e. The van der Waals surface area contributed by atoms with E-state index in [0.29, 0.717) is 5.82 Å². The first-order valence-corrected chi connectivity index (χ1v) is 6.39. The minimum Gasteiger partial charge on any atom is -0.340 e. The standard InChI is InChI=1S/C16H14N4/c1-12-5-2-3-7-14(12)19-15-8-10-18-16(20-15)13-6-4-9-17-11-13/h2-11H,1H3,(H,18,19,20). The van der Waals surface area contributed by atoms with E-state index in [-0.39, 0.29) is 0 Å². The molecular formula is C16H14N4. The van der Waals surface area contributed by atoms with E-state index < -0.39 is 0 Å². The minimum absolute atomic E-state index is 0.664. The van der Waals surface area contributed by atoms with Crippen molar-refractivity contribution in [2.45, 2.75) is 6.92 Å². The summed E-state index contributed by atoms with van der Waals surface area (Å²) < 4.78 is 0. The number of nitrogens with zero attached hydrogens (tertiary/aromatic N) is 3. The lowest BCUT2D eigenvalue weighted by molar-refractivity contribution is 1.16. The summed E-state index contributed by atoms with van der Waals surface area (Å²) in [7, 11) is 0. The van der Waals surface area contributed by atoms with E-state index >= 15 is 0 Å². The second kappa shape index (κ2) is 5.48. The Balaban J connectivity index is 1.91. The summed E-state index contributed by atoms with van der Waals surface area (Å²) in [6.45, 7) is 2.06. The number of anilines is 2. The zero-order chi connectivity index (χ0) is 13.8. The number of nitrogens with one attached hydrogen (secondary N) is 1. The smallest absolute Gasteiger partial charge is 0.163 e. The molecule has 0 aliphatic rings. The first kappa shape index (κ1) is 12.3. The van der Waals surface area contributed by atoms with Gasteiger partial charge in [-0.15, -0.1) is 0 Å². The molecule has 0 aliphatic carbocycles. The fraction of sp³-hybridized carbons (Fsp3) is 0.0625. The van der Waals surface area contributed by atoms with Crippen molar-refractivity contribution in [3.8, 4) is 11.4 Å². The second-order valence-electron chi connectivity index (χ2n) is 4.45. The van der Waals surface area contributed by atoms with Gasteiger partial charge in [0.1, 0.15) is 5.82 Å². The number of aryl methyl sites for hydroxylation is 1. The maximum absolute atomic E-state index is 4.52. The highest BCUT2D eigenvalue weighted by Crippen LogP contribution is 2.20. The van der Waals surface area contributed by atoms with Gasteiger partial charge >= 0.3 is 0 Å². The van der Waals surface area contributed by atoms with Crippen molar-refractivity contribution < 1.29 is 0 Å². The van der Waals surface area contributed by atoms with Gasteiger partial charge in [0, 0.05) is 29.8 Å². The average molecular weight is 262 g/mol. The lowest BCUT2D eigenvalue weighted by Crippen LogP contribution is -1.98. The van der Waals surface area contributed by atoms with Crippen LogP contribution in [0.15, 0.2) is 61.1 Å². The summed E-state index contributed by atoms with van der Waals surface area (Å²) in [5, 5.41) is 3.31. The fourth-order valence-corrected chi connectivity index (χ4v) is 1.91. The number of pyridine rings is 1. The first-order chi connectivity index (χ1) is 9.83. The molecule has 0 aliphatic heterocycles. The molecule has 0 atom stereocenters. The van der Waals surface area contributed by atoms with Crippen LogP contribution in [0.2, 0.25) is 0 Å². The monoisotopic (exact) mass is 262 g/mol. The Hall–Kier alpha value is -2.75. The third-order valence-electron chi connectivity index (χ3n) is 2.98. The summed E-state index contributed by atoms with van der Waals surface area (Å²) in [5.41, 5.74) is 3.12. The lowest BCUT2D eigenvalue weighted by Gasteiger charge is -2.09. The Morgan fingerprint density at radius 1 is 0.950 bits per heavy atom. The third-order valence-corrected chi connectivity index (χ3v) is 2.98. The van der Waals surface area contributed by atoms with Crippen LogP contribution in [0.3, 0.4) is 0 Å². The van der Waals surface area contributed by atoms with E-state index in [9.17, 15) is 0 Å². The quantitative estimate of drug-likeness (QED) is 0.783. The van der Waals surface area contributed by atoms with Crippen molar-refractivity contribution in [2.75, 3.05) is 5.32 Å². The molecule has 3 rings (SSSR count). The number of aromatic nitrogens is 3. The summed E-state index contributed by atoms with van der Waals surface area (Å²) >= 11 is 0. The lowest BCUT2D eigenvalue weighted by atomic mass is 10.2. The van der Waals surface area contributed by atoms with Crippen molar-refractivity contribution in [1.82, 2.24) is 15.0 Å². The van der Waals surface area contributed by atoms with E-state index in [1.54, 1.807) is 18.6 Å². The Kier molecular flexibility index (Phi) is 3.37. The summed E-state index contributed by atoms with van der Waals surface area (Å²) in [6, 6.07) is 13.8. The van der Waals surface area contributed by atoms with Gasteiger partial charge in [-0.3, -0.25) is 4.98 Å². The van der Waals surface area contributed by atoms with E-state index in [1.807, 2.05) is 36.4 Å². The van der Waals surface area contributed by atoms with Crippen molar-refractivity contribution >= 4 is 11.5 Å². The van der Waals surface area contributed by atoms with E-state index in [1.165, 1.54) is 5.56 Å². The Bertz CT molecular complexity index is 710. The zero-order valence-electron chi connectivity index (χ0n) is 11.1. The van der Waals surface area contributed by atoms with Gasteiger partial charge in [-0.2, -0.15) is 0 Å². The van der Waals surface area contributed by atoms with Gasteiger partial charge in [-0.1, -0.05) is 18.2 Å². The Morgan fingerprint density at radius 3 is 2.65 bits per heavy atom. The first-order valence-electron chi connectivity index (χ1n) is 6.39. The number of para-hydroxylation sites is 1. The van der Waals surface area contributed by atoms with Gasteiger partial charge in [0.05, 0.1) is 0 Å². The van der Waals surface area contributed by atoms with Crippen molar-refractivity contribution in [3.63, 3.8) is 0 Å². The molecule has 0 unspecified atom stereocenters. The van der Waals surface area contributed by atoms with Crippen LogP contribution in [-0.4, -0.2) is 15.0 Å².